The number of rotatable bonds is 7. The smallest absolute Gasteiger partial charge is 0.164 e. The van der Waals surface area contributed by atoms with Crippen LogP contribution in [0.4, 0.5) is 0 Å². The van der Waals surface area contributed by atoms with E-state index in [-0.39, 0.29) is 0 Å². The van der Waals surface area contributed by atoms with Gasteiger partial charge in [-0.1, -0.05) is 0 Å². The molecule has 0 radical (unpaired) electrons. The van der Waals surface area contributed by atoms with Gasteiger partial charge in [0.1, 0.15) is 5.75 Å². The van der Waals surface area contributed by atoms with Crippen molar-refractivity contribution in [1.82, 2.24) is 0 Å². The highest BCUT2D eigenvalue weighted by molar-refractivity contribution is 5.50. The number of methoxy groups -OCH3 is 2. The van der Waals surface area contributed by atoms with Crippen LogP contribution in [0, 0.1) is 0 Å². The second-order valence-corrected chi connectivity index (χ2v) is 3.64. The lowest BCUT2D eigenvalue weighted by molar-refractivity contribution is 0.307. The lowest BCUT2D eigenvalue weighted by atomic mass is 10.1. The summed E-state index contributed by atoms with van der Waals surface area (Å²) in [5.41, 5.74) is 6.62. The highest BCUT2D eigenvalue weighted by Gasteiger charge is 2.11. The molecule has 0 bridgehead atoms. The molecular weight excluding hydrogens is 218 g/mol. The van der Waals surface area contributed by atoms with Crippen LogP contribution in [0.5, 0.6) is 17.2 Å². The Hall–Kier alpha value is -1.42. The van der Waals surface area contributed by atoms with E-state index in [1.165, 1.54) is 0 Å². The predicted molar refractivity (Wildman–Crippen MR) is 68.1 cm³/mol. The van der Waals surface area contributed by atoms with Gasteiger partial charge in [0.25, 0.3) is 0 Å². The molecule has 0 fully saturated rings. The first-order valence-corrected chi connectivity index (χ1v) is 5.84. The molecule has 0 aromatic heterocycles. The summed E-state index contributed by atoms with van der Waals surface area (Å²) in [6.45, 7) is 3.22. The van der Waals surface area contributed by atoms with Crippen LogP contribution in [-0.4, -0.2) is 27.4 Å². The van der Waals surface area contributed by atoms with Gasteiger partial charge in [-0.3, -0.25) is 0 Å². The molecular formula is C13H21NO3. The summed E-state index contributed by atoms with van der Waals surface area (Å²) < 4.78 is 16.1. The second-order valence-electron chi connectivity index (χ2n) is 3.64. The summed E-state index contributed by atoms with van der Waals surface area (Å²) in [5, 5.41) is 0. The molecule has 0 saturated heterocycles. The molecule has 0 amide bonds. The molecule has 0 aliphatic heterocycles. The standard InChI is InChI=1S/C13H21NO3/c1-4-17-13-8-10(6-5-7-14)11(15-2)9-12(13)16-3/h8-9H,4-7,14H2,1-3H3. The number of ether oxygens (including phenoxy) is 3. The van der Waals surface area contributed by atoms with Crippen LogP contribution in [0.25, 0.3) is 0 Å². The molecule has 2 N–H and O–H groups in total. The lowest BCUT2D eigenvalue weighted by Crippen LogP contribution is -2.03. The topological polar surface area (TPSA) is 53.7 Å². The maximum atomic E-state index is 5.54. The summed E-state index contributed by atoms with van der Waals surface area (Å²) in [6, 6.07) is 3.83. The Labute approximate surface area is 103 Å². The van der Waals surface area contributed by atoms with Crippen molar-refractivity contribution in [3.05, 3.63) is 17.7 Å². The third-order valence-corrected chi connectivity index (χ3v) is 2.52. The molecule has 0 spiro atoms. The van der Waals surface area contributed by atoms with Crippen LogP contribution in [-0.2, 0) is 6.42 Å². The Morgan fingerprint density at radius 3 is 2.29 bits per heavy atom. The minimum absolute atomic E-state index is 0.610. The summed E-state index contributed by atoms with van der Waals surface area (Å²) in [4.78, 5) is 0. The maximum absolute atomic E-state index is 5.54. The minimum Gasteiger partial charge on any atom is -0.496 e. The first-order chi connectivity index (χ1) is 8.26. The fourth-order valence-corrected chi connectivity index (χ4v) is 1.69. The third kappa shape index (κ3) is 3.53. The van der Waals surface area contributed by atoms with Crippen molar-refractivity contribution in [3.8, 4) is 17.2 Å². The van der Waals surface area contributed by atoms with Gasteiger partial charge in [-0.05, 0) is 37.9 Å². The largest absolute Gasteiger partial charge is 0.496 e. The molecule has 96 valence electrons. The fourth-order valence-electron chi connectivity index (χ4n) is 1.69. The molecule has 0 aliphatic carbocycles. The van der Waals surface area contributed by atoms with E-state index in [0.29, 0.717) is 18.9 Å². The molecule has 0 saturated carbocycles. The quantitative estimate of drug-likeness (QED) is 0.790. The van der Waals surface area contributed by atoms with E-state index in [2.05, 4.69) is 0 Å². The number of aryl methyl sites for hydroxylation is 1. The van der Waals surface area contributed by atoms with Gasteiger partial charge in [0, 0.05) is 6.07 Å². The van der Waals surface area contributed by atoms with Crippen LogP contribution >= 0.6 is 0 Å². The van der Waals surface area contributed by atoms with Crippen LogP contribution in [0.3, 0.4) is 0 Å². The van der Waals surface area contributed by atoms with Crippen molar-refractivity contribution in [2.24, 2.45) is 5.73 Å². The summed E-state index contributed by atoms with van der Waals surface area (Å²) in [6.07, 6.45) is 1.80. The van der Waals surface area contributed by atoms with Crippen LogP contribution in [0.1, 0.15) is 18.9 Å². The first kappa shape index (κ1) is 13.6. The van der Waals surface area contributed by atoms with Gasteiger partial charge in [-0.2, -0.15) is 0 Å². The Morgan fingerprint density at radius 2 is 1.76 bits per heavy atom. The van der Waals surface area contributed by atoms with Crippen molar-refractivity contribution < 1.29 is 14.2 Å². The highest BCUT2D eigenvalue weighted by atomic mass is 16.5. The minimum atomic E-state index is 0.610. The molecule has 1 rings (SSSR count). The molecule has 17 heavy (non-hydrogen) atoms. The molecule has 1 aromatic rings. The zero-order valence-corrected chi connectivity index (χ0v) is 10.8. The second kappa shape index (κ2) is 7.01. The lowest BCUT2D eigenvalue weighted by Gasteiger charge is -2.14. The molecule has 4 nitrogen and oxygen atoms in total. The van der Waals surface area contributed by atoms with E-state index >= 15 is 0 Å². The number of hydrogen-bond acceptors (Lipinski definition) is 4. The zero-order valence-electron chi connectivity index (χ0n) is 10.8. The van der Waals surface area contributed by atoms with Crippen LogP contribution in [0.15, 0.2) is 12.1 Å². The molecule has 0 heterocycles. The molecule has 0 atom stereocenters. The Balaban J connectivity index is 3.04. The summed E-state index contributed by atoms with van der Waals surface area (Å²) in [7, 11) is 3.28. The Kier molecular flexibility index (Phi) is 5.63. The van der Waals surface area contributed by atoms with Crippen molar-refractivity contribution in [3.63, 3.8) is 0 Å². The van der Waals surface area contributed by atoms with E-state index < -0.39 is 0 Å². The monoisotopic (exact) mass is 239 g/mol. The van der Waals surface area contributed by atoms with Crippen molar-refractivity contribution in [1.29, 1.82) is 0 Å². The average Bonchev–Trinajstić information content (AvgIpc) is 2.36. The van der Waals surface area contributed by atoms with E-state index in [0.717, 1.165) is 29.9 Å². The predicted octanol–water partition coefficient (Wildman–Crippen LogP) is 1.99. The van der Waals surface area contributed by atoms with Gasteiger partial charge in [-0.25, -0.2) is 0 Å². The SMILES string of the molecule is CCOc1cc(CCCN)c(OC)cc1OC. The molecule has 0 aliphatic rings. The Morgan fingerprint density at radius 1 is 1.06 bits per heavy atom. The van der Waals surface area contributed by atoms with E-state index in [4.69, 9.17) is 19.9 Å². The number of nitrogens with two attached hydrogens (primary N) is 1. The van der Waals surface area contributed by atoms with Gasteiger partial charge in [0.15, 0.2) is 11.5 Å². The van der Waals surface area contributed by atoms with Gasteiger partial charge < -0.3 is 19.9 Å². The normalized spacial score (nSPS) is 10.1. The fraction of sp³-hybridized carbons (Fsp3) is 0.538. The number of benzene rings is 1. The van der Waals surface area contributed by atoms with Crippen LogP contribution < -0.4 is 19.9 Å². The van der Waals surface area contributed by atoms with E-state index in [1.807, 2.05) is 19.1 Å². The molecule has 4 heteroatoms. The number of hydrogen-bond donors (Lipinski definition) is 1. The van der Waals surface area contributed by atoms with Crippen LogP contribution in [0.2, 0.25) is 0 Å². The van der Waals surface area contributed by atoms with Gasteiger partial charge in [0.2, 0.25) is 0 Å². The van der Waals surface area contributed by atoms with Gasteiger partial charge >= 0.3 is 0 Å². The van der Waals surface area contributed by atoms with Gasteiger partial charge in [-0.15, -0.1) is 0 Å². The van der Waals surface area contributed by atoms with E-state index in [1.54, 1.807) is 14.2 Å². The van der Waals surface area contributed by atoms with E-state index in [9.17, 15) is 0 Å². The first-order valence-electron chi connectivity index (χ1n) is 5.84. The van der Waals surface area contributed by atoms with Crippen molar-refractivity contribution in [2.75, 3.05) is 27.4 Å². The Bertz CT molecular complexity index is 353. The highest BCUT2D eigenvalue weighted by Crippen LogP contribution is 2.35. The van der Waals surface area contributed by atoms with Crippen molar-refractivity contribution >= 4 is 0 Å². The third-order valence-electron chi connectivity index (χ3n) is 2.52. The summed E-state index contributed by atoms with van der Waals surface area (Å²) >= 11 is 0. The molecule has 0 unspecified atom stereocenters. The maximum Gasteiger partial charge on any atom is 0.164 e. The van der Waals surface area contributed by atoms with Gasteiger partial charge in [0.05, 0.1) is 20.8 Å². The van der Waals surface area contributed by atoms with Crippen molar-refractivity contribution in [2.45, 2.75) is 19.8 Å². The average molecular weight is 239 g/mol. The zero-order chi connectivity index (χ0) is 12.7. The molecule has 1 aromatic carbocycles. The summed E-state index contributed by atoms with van der Waals surface area (Å²) in [5.74, 6) is 2.27.